The summed E-state index contributed by atoms with van der Waals surface area (Å²) in [5, 5.41) is 12.8. The second kappa shape index (κ2) is 11.5. The van der Waals surface area contributed by atoms with Crippen molar-refractivity contribution in [2.45, 2.75) is 24.6 Å². The average molecular weight is 562 g/mol. The number of nitrogens with zero attached hydrogens (tertiary/aromatic N) is 2. The molecule has 1 N–H and O–H groups in total. The van der Waals surface area contributed by atoms with E-state index >= 15 is 0 Å². The maximum absolute atomic E-state index is 13.6. The molecule has 1 fully saturated rings. The number of ether oxygens (including phenoxy) is 1. The zero-order valence-electron chi connectivity index (χ0n) is 19.8. The van der Waals surface area contributed by atoms with E-state index < -0.39 is 11.2 Å². The van der Waals surface area contributed by atoms with Gasteiger partial charge >= 0.3 is 0 Å². The van der Waals surface area contributed by atoms with Gasteiger partial charge in [0.2, 0.25) is 5.91 Å². The van der Waals surface area contributed by atoms with Crippen molar-refractivity contribution >= 4 is 45.2 Å². The zero-order chi connectivity index (χ0) is 25.7. The third kappa shape index (κ3) is 5.64. The molecule has 8 heteroatoms. The number of carbonyl (C=O) groups is 2. The molecule has 2 amide bonds. The molecule has 2 atom stereocenters. The van der Waals surface area contributed by atoms with Gasteiger partial charge in [-0.15, -0.1) is 0 Å². The molecule has 1 aliphatic heterocycles. The first-order chi connectivity index (χ1) is 17.4. The fraction of sp³-hybridized carbons (Fsp3) is 0.179. The third-order valence-electron chi connectivity index (χ3n) is 5.82. The maximum atomic E-state index is 13.6. The van der Waals surface area contributed by atoms with E-state index in [1.54, 1.807) is 31.4 Å². The first kappa shape index (κ1) is 25.5. The van der Waals surface area contributed by atoms with Crippen molar-refractivity contribution in [1.29, 1.82) is 5.26 Å². The molecule has 0 saturated carbocycles. The quantitative estimate of drug-likeness (QED) is 0.293. The predicted molar refractivity (Wildman–Crippen MR) is 145 cm³/mol. The molecule has 2 unspecified atom stereocenters. The van der Waals surface area contributed by atoms with Gasteiger partial charge in [-0.1, -0.05) is 70.2 Å². The standard InChI is InChI=1S/C28H24BrN3O3S/c1-18(20-6-4-3-5-7-20)31-26(33)24(17-30)28-32(22-12-14-23(35-2)15-13-22)27(34)25(36-28)16-19-8-10-21(29)11-9-19/h3-15,18,25H,16H2,1-2H3,(H,31,33)/b28-24-. The van der Waals surface area contributed by atoms with Crippen molar-refractivity contribution in [3.8, 4) is 11.8 Å². The summed E-state index contributed by atoms with van der Waals surface area (Å²) in [5.41, 5.74) is 2.38. The number of benzene rings is 3. The van der Waals surface area contributed by atoms with Gasteiger partial charge in [-0.25, -0.2) is 0 Å². The van der Waals surface area contributed by atoms with E-state index in [1.165, 1.54) is 16.7 Å². The van der Waals surface area contributed by atoms with Gasteiger partial charge < -0.3 is 10.1 Å². The molecule has 36 heavy (non-hydrogen) atoms. The van der Waals surface area contributed by atoms with Crippen LogP contribution in [0.25, 0.3) is 0 Å². The lowest BCUT2D eigenvalue weighted by Crippen LogP contribution is -2.32. The Morgan fingerprint density at radius 3 is 2.39 bits per heavy atom. The Hall–Kier alpha value is -3.54. The van der Waals surface area contributed by atoms with E-state index in [4.69, 9.17) is 4.74 Å². The summed E-state index contributed by atoms with van der Waals surface area (Å²) in [6.07, 6.45) is 0.466. The number of amides is 2. The van der Waals surface area contributed by atoms with Gasteiger partial charge in [0.25, 0.3) is 5.91 Å². The van der Waals surface area contributed by atoms with Crippen molar-refractivity contribution in [3.05, 3.63) is 105 Å². The fourth-order valence-corrected chi connectivity index (χ4v) is 5.45. The molecule has 0 aromatic heterocycles. The molecule has 6 nitrogen and oxygen atoms in total. The van der Waals surface area contributed by atoms with Crippen LogP contribution in [0, 0.1) is 11.3 Å². The van der Waals surface area contributed by atoms with Gasteiger partial charge in [-0.2, -0.15) is 5.26 Å². The summed E-state index contributed by atoms with van der Waals surface area (Å²) in [6, 6.07) is 26.0. The van der Waals surface area contributed by atoms with Crippen LogP contribution < -0.4 is 15.0 Å². The lowest BCUT2D eigenvalue weighted by molar-refractivity contribution is -0.117. The van der Waals surface area contributed by atoms with Gasteiger partial charge in [-0.3, -0.25) is 14.5 Å². The van der Waals surface area contributed by atoms with Crippen LogP contribution in [0.4, 0.5) is 5.69 Å². The highest BCUT2D eigenvalue weighted by atomic mass is 79.9. The van der Waals surface area contributed by atoms with Gasteiger partial charge in [0, 0.05) is 10.2 Å². The van der Waals surface area contributed by atoms with Crippen LogP contribution in [-0.2, 0) is 16.0 Å². The Morgan fingerprint density at radius 2 is 1.78 bits per heavy atom. The van der Waals surface area contributed by atoms with Crippen molar-refractivity contribution in [2.24, 2.45) is 0 Å². The summed E-state index contributed by atoms with van der Waals surface area (Å²) >= 11 is 4.68. The Morgan fingerprint density at radius 1 is 1.11 bits per heavy atom. The summed E-state index contributed by atoms with van der Waals surface area (Å²) in [7, 11) is 1.57. The lowest BCUT2D eigenvalue weighted by atomic mass is 10.1. The summed E-state index contributed by atoms with van der Waals surface area (Å²) < 4.78 is 6.20. The third-order valence-corrected chi connectivity index (χ3v) is 7.61. The largest absolute Gasteiger partial charge is 0.497 e. The van der Waals surface area contributed by atoms with Crippen LogP contribution in [0.2, 0.25) is 0 Å². The number of anilines is 1. The van der Waals surface area contributed by atoms with Crippen molar-refractivity contribution < 1.29 is 14.3 Å². The topological polar surface area (TPSA) is 82.4 Å². The van der Waals surface area contributed by atoms with Crippen molar-refractivity contribution in [1.82, 2.24) is 5.32 Å². The molecule has 0 bridgehead atoms. The van der Waals surface area contributed by atoms with E-state index in [0.29, 0.717) is 22.9 Å². The van der Waals surface area contributed by atoms with Crippen LogP contribution in [0.15, 0.2) is 93.9 Å². The minimum Gasteiger partial charge on any atom is -0.497 e. The van der Waals surface area contributed by atoms with E-state index in [9.17, 15) is 14.9 Å². The monoisotopic (exact) mass is 561 g/mol. The number of nitriles is 1. The molecule has 0 radical (unpaired) electrons. The average Bonchev–Trinajstić information content (AvgIpc) is 3.21. The van der Waals surface area contributed by atoms with E-state index in [-0.39, 0.29) is 17.5 Å². The second-order valence-corrected chi connectivity index (χ2v) is 10.3. The Bertz CT molecular complexity index is 1320. The van der Waals surface area contributed by atoms with Gasteiger partial charge in [0.05, 0.1) is 18.4 Å². The molecule has 1 aliphatic rings. The number of hydrogen-bond acceptors (Lipinski definition) is 5. The zero-order valence-corrected chi connectivity index (χ0v) is 22.2. The first-order valence-corrected chi connectivity index (χ1v) is 13.0. The number of thioether (sulfide) groups is 1. The normalized spacial score (nSPS) is 17.3. The Labute approximate surface area is 223 Å². The Kier molecular flexibility index (Phi) is 8.14. The first-order valence-electron chi connectivity index (χ1n) is 11.3. The van der Waals surface area contributed by atoms with E-state index in [0.717, 1.165) is 15.6 Å². The molecular formula is C28H24BrN3O3S. The summed E-state index contributed by atoms with van der Waals surface area (Å²) in [5.74, 6) is -0.0587. The van der Waals surface area contributed by atoms with Crippen LogP contribution in [0.3, 0.4) is 0 Å². The lowest BCUT2D eigenvalue weighted by Gasteiger charge is -2.20. The van der Waals surface area contributed by atoms with Gasteiger partial charge in [0.15, 0.2) is 0 Å². The Balaban J connectivity index is 1.69. The van der Waals surface area contributed by atoms with Gasteiger partial charge in [-0.05, 0) is 60.9 Å². The molecule has 4 rings (SSSR count). The number of halogens is 1. The second-order valence-electron chi connectivity index (χ2n) is 8.21. The highest BCUT2D eigenvalue weighted by molar-refractivity contribution is 9.10. The van der Waals surface area contributed by atoms with Crippen LogP contribution in [0.1, 0.15) is 24.1 Å². The molecule has 0 aliphatic carbocycles. The highest BCUT2D eigenvalue weighted by Gasteiger charge is 2.41. The fourth-order valence-electron chi connectivity index (χ4n) is 3.88. The SMILES string of the molecule is COc1ccc(N2C(=O)C(Cc3ccc(Br)cc3)S/C2=C(/C#N)C(=O)NC(C)c2ccccc2)cc1. The van der Waals surface area contributed by atoms with Gasteiger partial charge in [0.1, 0.15) is 22.4 Å². The molecular weight excluding hydrogens is 538 g/mol. The highest BCUT2D eigenvalue weighted by Crippen LogP contribution is 2.42. The van der Waals surface area contributed by atoms with Crippen LogP contribution in [-0.4, -0.2) is 24.2 Å². The van der Waals surface area contributed by atoms with Crippen LogP contribution in [0.5, 0.6) is 5.75 Å². The van der Waals surface area contributed by atoms with E-state index in [1.807, 2.05) is 61.5 Å². The number of nitrogens with one attached hydrogen (secondary N) is 1. The number of carbonyl (C=O) groups excluding carboxylic acids is 2. The summed E-state index contributed by atoms with van der Waals surface area (Å²) in [4.78, 5) is 28.4. The molecule has 182 valence electrons. The van der Waals surface area contributed by atoms with Crippen molar-refractivity contribution in [3.63, 3.8) is 0 Å². The van der Waals surface area contributed by atoms with Crippen molar-refractivity contribution in [2.75, 3.05) is 12.0 Å². The minimum atomic E-state index is -0.521. The molecule has 3 aromatic rings. The summed E-state index contributed by atoms with van der Waals surface area (Å²) in [6.45, 7) is 1.86. The number of hydrogen-bond donors (Lipinski definition) is 1. The number of rotatable bonds is 7. The van der Waals surface area contributed by atoms with E-state index in [2.05, 4.69) is 27.3 Å². The molecule has 1 heterocycles. The predicted octanol–water partition coefficient (Wildman–Crippen LogP) is 5.76. The number of methoxy groups -OCH3 is 1. The molecule has 3 aromatic carbocycles. The molecule has 0 spiro atoms. The van der Waals surface area contributed by atoms with Crippen LogP contribution >= 0.6 is 27.7 Å². The smallest absolute Gasteiger partial charge is 0.265 e. The molecule has 1 saturated heterocycles. The minimum absolute atomic E-state index is 0.0924. The maximum Gasteiger partial charge on any atom is 0.265 e.